The number of aromatic nitrogens is 1. The third kappa shape index (κ3) is 3.21. The Bertz CT molecular complexity index is 985. The lowest BCUT2D eigenvalue weighted by Gasteiger charge is -2.07. The maximum Gasteiger partial charge on any atom is 0.261 e. The molecule has 0 aliphatic carbocycles. The van der Waals surface area contributed by atoms with E-state index in [4.69, 9.17) is 23.2 Å². The van der Waals surface area contributed by atoms with Gasteiger partial charge in [-0.05, 0) is 47.9 Å². The summed E-state index contributed by atoms with van der Waals surface area (Å²) < 4.78 is 13.2. The number of carbonyl (C=O) groups is 1. The van der Waals surface area contributed by atoms with Gasteiger partial charge in [-0.15, -0.1) is 0 Å². The normalized spacial score (nSPS) is 10.7. The van der Waals surface area contributed by atoms with Gasteiger partial charge < -0.3 is 10.3 Å². The van der Waals surface area contributed by atoms with E-state index in [1.807, 2.05) is 0 Å². The number of anilines is 1. The van der Waals surface area contributed by atoms with E-state index in [2.05, 4.69) is 10.3 Å². The van der Waals surface area contributed by atoms with E-state index in [0.717, 1.165) is 0 Å². The number of rotatable bonds is 2. The van der Waals surface area contributed by atoms with E-state index in [9.17, 15) is 14.0 Å². The summed E-state index contributed by atoms with van der Waals surface area (Å²) in [4.78, 5) is 26.8. The second-order valence-electron chi connectivity index (χ2n) is 4.83. The lowest BCUT2D eigenvalue weighted by molar-refractivity contribution is 0.102. The minimum atomic E-state index is -0.610. The van der Waals surface area contributed by atoms with Crippen LogP contribution in [0.5, 0.6) is 0 Å². The SMILES string of the molecule is O=C(Nc1ccc(Cl)c(Cl)c1)c1cc2ccc(F)cc2[nH]c1=O. The number of benzene rings is 2. The third-order valence-corrected chi connectivity index (χ3v) is 3.97. The quantitative estimate of drug-likeness (QED) is 0.726. The van der Waals surface area contributed by atoms with Crippen molar-refractivity contribution in [2.24, 2.45) is 0 Å². The number of hydrogen-bond donors (Lipinski definition) is 2. The molecular weight excluding hydrogens is 342 g/mol. The number of pyridine rings is 1. The van der Waals surface area contributed by atoms with Crippen LogP contribution in [0.2, 0.25) is 10.0 Å². The summed E-state index contributed by atoms with van der Waals surface area (Å²) >= 11 is 11.7. The molecular formula is C16H9Cl2FN2O2. The predicted octanol–water partition coefficient (Wildman–Crippen LogP) is 4.23. The van der Waals surface area contributed by atoms with E-state index in [1.54, 1.807) is 6.07 Å². The van der Waals surface area contributed by atoms with Crippen LogP contribution < -0.4 is 10.9 Å². The van der Waals surface area contributed by atoms with E-state index in [0.29, 0.717) is 21.6 Å². The Morgan fingerprint density at radius 1 is 1.04 bits per heavy atom. The monoisotopic (exact) mass is 350 g/mol. The summed E-state index contributed by atoms with van der Waals surface area (Å²) in [6, 6.07) is 9.91. The molecule has 7 heteroatoms. The van der Waals surface area contributed by atoms with Crippen LogP contribution in [0.25, 0.3) is 10.9 Å². The highest BCUT2D eigenvalue weighted by Gasteiger charge is 2.13. The lowest BCUT2D eigenvalue weighted by atomic mass is 10.1. The molecule has 1 amide bonds. The summed E-state index contributed by atoms with van der Waals surface area (Å²) in [5, 5.41) is 3.75. The highest BCUT2D eigenvalue weighted by Crippen LogP contribution is 2.25. The third-order valence-electron chi connectivity index (χ3n) is 3.23. The zero-order valence-electron chi connectivity index (χ0n) is 11.5. The van der Waals surface area contributed by atoms with Crippen molar-refractivity contribution in [2.45, 2.75) is 0 Å². The number of carbonyl (C=O) groups excluding carboxylic acids is 1. The standard InChI is InChI=1S/C16H9Cl2FN2O2/c17-12-4-3-10(7-13(12)18)20-15(22)11-5-8-1-2-9(19)6-14(8)21-16(11)23/h1-7H,(H,20,22)(H,21,23). The van der Waals surface area contributed by atoms with Crippen molar-refractivity contribution in [1.29, 1.82) is 0 Å². The zero-order valence-corrected chi connectivity index (χ0v) is 13.0. The van der Waals surface area contributed by atoms with Gasteiger partial charge in [-0.2, -0.15) is 0 Å². The zero-order chi connectivity index (χ0) is 16.6. The fourth-order valence-electron chi connectivity index (χ4n) is 2.11. The molecule has 0 atom stereocenters. The second kappa shape index (κ2) is 6.02. The van der Waals surface area contributed by atoms with Crippen molar-refractivity contribution in [3.8, 4) is 0 Å². The van der Waals surface area contributed by atoms with Crippen LogP contribution >= 0.6 is 23.2 Å². The van der Waals surface area contributed by atoms with E-state index in [-0.39, 0.29) is 10.6 Å². The van der Waals surface area contributed by atoms with Crippen LogP contribution in [0, 0.1) is 5.82 Å². The van der Waals surface area contributed by atoms with Gasteiger partial charge in [0.1, 0.15) is 11.4 Å². The molecule has 0 saturated heterocycles. The molecule has 4 nitrogen and oxygen atoms in total. The Morgan fingerprint density at radius 2 is 1.83 bits per heavy atom. The van der Waals surface area contributed by atoms with Gasteiger partial charge in [0.25, 0.3) is 11.5 Å². The summed E-state index contributed by atoms with van der Waals surface area (Å²) in [6.07, 6.45) is 0. The Labute approximate surface area is 139 Å². The van der Waals surface area contributed by atoms with Crippen LogP contribution in [0.1, 0.15) is 10.4 Å². The largest absolute Gasteiger partial charge is 0.322 e. The van der Waals surface area contributed by atoms with Crippen molar-refractivity contribution in [3.05, 3.63) is 74.2 Å². The molecule has 3 aromatic rings. The molecule has 2 aromatic carbocycles. The number of fused-ring (bicyclic) bond motifs is 1. The van der Waals surface area contributed by atoms with Gasteiger partial charge in [0.15, 0.2) is 0 Å². The summed E-state index contributed by atoms with van der Waals surface area (Å²) in [5.74, 6) is -1.07. The van der Waals surface area contributed by atoms with Crippen LogP contribution in [0.4, 0.5) is 10.1 Å². The molecule has 0 fully saturated rings. The number of nitrogens with one attached hydrogen (secondary N) is 2. The topological polar surface area (TPSA) is 62.0 Å². The Morgan fingerprint density at radius 3 is 2.57 bits per heavy atom. The van der Waals surface area contributed by atoms with Gasteiger partial charge in [0.2, 0.25) is 0 Å². The Balaban J connectivity index is 1.97. The first-order valence-electron chi connectivity index (χ1n) is 6.53. The maximum absolute atomic E-state index is 13.2. The maximum atomic E-state index is 13.2. The highest BCUT2D eigenvalue weighted by atomic mass is 35.5. The van der Waals surface area contributed by atoms with Gasteiger partial charge in [0.05, 0.1) is 15.6 Å². The summed E-state index contributed by atoms with van der Waals surface area (Å²) in [6.45, 7) is 0. The number of amides is 1. The van der Waals surface area contributed by atoms with Gasteiger partial charge >= 0.3 is 0 Å². The van der Waals surface area contributed by atoms with Crippen LogP contribution in [-0.2, 0) is 0 Å². The van der Waals surface area contributed by atoms with Crippen LogP contribution in [0.15, 0.2) is 47.3 Å². The fourth-order valence-corrected chi connectivity index (χ4v) is 2.41. The first kappa shape index (κ1) is 15.5. The first-order valence-corrected chi connectivity index (χ1v) is 7.28. The van der Waals surface area contributed by atoms with Gasteiger partial charge in [-0.3, -0.25) is 9.59 Å². The van der Waals surface area contributed by atoms with E-state index >= 15 is 0 Å². The molecule has 0 unspecified atom stereocenters. The number of hydrogen-bond acceptors (Lipinski definition) is 2. The van der Waals surface area contributed by atoms with Crippen molar-refractivity contribution >= 4 is 45.7 Å². The molecule has 3 rings (SSSR count). The van der Waals surface area contributed by atoms with Crippen LogP contribution in [0.3, 0.4) is 0 Å². The molecule has 116 valence electrons. The first-order chi connectivity index (χ1) is 10.9. The molecule has 0 bridgehead atoms. The van der Waals surface area contributed by atoms with Gasteiger partial charge in [-0.25, -0.2) is 4.39 Å². The summed E-state index contributed by atoms with van der Waals surface area (Å²) in [5.41, 5.74) is 0.0277. The molecule has 1 aromatic heterocycles. The minimum absolute atomic E-state index is 0.0878. The predicted molar refractivity (Wildman–Crippen MR) is 88.9 cm³/mol. The van der Waals surface area contributed by atoms with Crippen LogP contribution in [-0.4, -0.2) is 10.9 Å². The van der Waals surface area contributed by atoms with Gasteiger partial charge in [0, 0.05) is 5.69 Å². The molecule has 0 aliphatic rings. The molecule has 1 heterocycles. The van der Waals surface area contributed by atoms with Gasteiger partial charge in [-0.1, -0.05) is 23.2 Å². The molecule has 2 N–H and O–H groups in total. The van der Waals surface area contributed by atoms with Crippen molar-refractivity contribution in [2.75, 3.05) is 5.32 Å². The van der Waals surface area contributed by atoms with Crippen molar-refractivity contribution < 1.29 is 9.18 Å². The number of aromatic amines is 1. The fraction of sp³-hybridized carbons (Fsp3) is 0. The molecule has 0 saturated carbocycles. The average molecular weight is 351 g/mol. The smallest absolute Gasteiger partial charge is 0.261 e. The summed E-state index contributed by atoms with van der Waals surface area (Å²) in [7, 11) is 0. The Kier molecular flexibility index (Phi) is 4.07. The van der Waals surface area contributed by atoms with E-state index < -0.39 is 17.3 Å². The minimum Gasteiger partial charge on any atom is -0.322 e. The molecule has 23 heavy (non-hydrogen) atoms. The number of H-pyrrole nitrogens is 1. The average Bonchev–Trinajstić information content (AvgIpc) is 2.50. The Hall–Kier alpha value is -2.37. The van der Waals surface area contributed by atoms with Crippen molar-refractivity contribution in [3.63, 3.8) is 0 Å². The molecule has 0 radical (unpaired) electrons. The lowest BCUT2D eigenvalue weighted by Crippen LogP contribution is -2.23. The molecule has 0 spiro atoms. The number of halogens is 3. The van der Waals surface area contributed by atoms with Crippen molar-refractivity contribution in [1.82, 2.24) is 4.98 Å². The second-order valence-corrected chi connectivity index (χ2v) is 5.64. The molecule has 0 aliphatic heterocycles. The highest BCUT2D eigenvalue weighted by molar-refractivity contribution is 6.42. The van der Waals surface area contributed by atoms with E-state index in [1.165, 1.54) is 36.4 Å².